The summed E-state index contributed by atoms with van der Waals surface area (Å²) in [5.41, 5.74) is 0. The van der Waals surface area contributed by atoms with E-state index in [0.717, 1.165) is 49.7 Å². The lowest BCUT2D eigenvalue weighted by atomic mass is 9.95. The maximum Gasteiger partial charge on any atom is 0.191 e. The topological polar surface area (TPSA) is 62.7 Å². The van der Waals surface area contributed by atoms with Crippen molar-refractivity contribution in [1.29, 1.82) is 0 Å². The SMILES string of the molecule is CCNC(=NCCOc1cccc(Cl)c1)NC1CCCC(S(=O)CC)C1. The number of nitrogens with zero attached hydrogens (tertiary/aromatic N) is 1. The standard InChI is InChI=1S/C19H30ClN3O2S/c1-3-21-19(22-11-12-25-17-9-5-7-15(20)13-17)23-16-8-6-10-18(14-16)26(24)4-2/h5,7,9,13,16,18H,3-4,6,8,10-12,14H2,1-2H3,(H2,21,22,23). The van der Waals surface area contributed by atoms with E-state index in [1.165, 1.54) is 0 Å². The van der Waals surface area contributed by atoms with Crippen LogP contribution in [0.4, 0.5) is 0 Å². The maximum absolute atomic E-state index is 12.1. The van der Waals surface area contributed by atoms with Crippen LogP contribution in [0.5, 0.6) is 5.75 Å². The van der Waals surface area contributed by atoms with E-state index in [2.05, 4.69) is 22.5 Å². The highest BCUT2D eigenvalue weighted by atomic mass is 35.5. The molecule has 0 radical (unpaired) electrons. The van der Waals surface area contributed by atoms with Crippen LogP contribution in [-0.2, 0) is 10.8 Å². The minimum atomic E-state index is -0.714. The predicted molar refractivity (Wildman–Crippen MR) is 111 cm³/mol. The van der Waals surface area contributed by atoms with Gasteiger partial charge < -0.3 is 15.4 Å². The third kappa shape index (κ3) is 7.16. The summed E-state index contributed by atoms with van der Waals surface area (Å²) in [6.07, 6.45) is 4.23. The molecular weight excluding hydrogens is 370 g/mol. The quantitative estimate of drug-likeness (QED) is 0.399. The van der Waals surface area contributed by atoms with Gasteiger partial charge in [0.15, 0.2) is 5.96 Å². The minimum absolute atomic E-state index is 0.306. The van der Waals surface area contributed by atoms with Gasteiger partial charge in [-0.1, -0.05) is 31.0 Å². The molecule has 0 aliphatic heterocycles. The Labute approximate surface area is 164 Å². The van der Waals surface area contributed by atoms with Crippen LogP contribution in [0.15, 0.2) is 29.3 Å². The summed E-state index contributed by atoms with van der Waals surface area (Å²) >= 11 is 5.95. The van der Waals surface area contributed by atoms with Crippen molar-refractivity contribution in [2.75, 3.05) is 25.4 Å². The second-order valence-electron chi connectivity index (χ2n) is 6.37. The molecule has 3 atom stereocenters. The second kappa shape index (κ2) is 11.4. The highest BCUT2D eigenvalue weighted by Crippen LogP contribution is 2.23. The average molecular weight is 400 g/mol. The fourth-order valence-electron chi connectivity index (χ4n) is 3.14. The first-order valence-electron chi connectivity index (χ1n) is 9.42. The van der Waals surface area contributed by atoms with Crippen LogP contribution in [-0.4, -0.2) is 46.9 Å². The molecule has 1 aromatic rings. The fourth-order valence-corrected chi connectivity index (χ4v) is 4.67. The van der Waals surface area contributed by atoms with E-state index in [9.17, 15) is 4.21 Å². The highest BCUT2D eigenvalue weighted by Gasteiger charge is 2.25. The summed E-state index contributed by atoms with van der Waals surface area (Å²) < 4.78 is 17.8. The number of benzene rings is 1. The first-order chi connectivity index (χ1) is 12.6. The normalized spacial score (nSPS) is 21.9. The van der Waals surface area contributed by atoms with Crippen LogP contribution < -0.4 is 15.4 Å². The molecule has 1 aliphatic carbocycles. The summed E-state index contributed by atoms with van der Waals surface area (Å²) in [5.74, 6) is 2.30. The molecule has 1 fully saturated rings. The Morgan fingerprint density at radius 3 is 2.96 bits per heavy atom. The van der Waals surface area contributed by atoms with Crippen molar-refractivity contribution in [3.05, 3.63) is 29.3 Å². The first-order valence-corrected chi connectivity index (χ1v) is 11.2. The molecule has 7 heteroatoms. The zero-order chi connectivity index (χ0) is 18.8. The molecule has 0 aromatic heterocycles. The van der Waals surface area contributed by atoms with E-state index in [-0.39, 0.29) is 0 Å². The number of hydrogen-bond donors (Lipinski definition) is 2. The number of hydrogen-bond acceptors (Lipinski definition) is 3. The van der Waals surface area contributed by atoms with Crippen molar-refractivity contribution in [3.63, 3.8) is 0 Å². The van der Waals surface area contributed by atoms with Gasteiger partial charge in [0.05, 0.1) is 6.54 Å². The summed E-state index contributed by atoms with van der Waals surface area (Å²) in [5, 5.41) is 7.75. The monoisotopic (exact) mass is 399 g/mol. The van der Waals surface area contributed by atoms with Gasteiger partial charge in [-0.3, -0.25) is 4.21 Å². The summed E-state index contributed by atoms with van der Waals surface area (Å²) in [6.45, 7) is 5.90. The van der Waals surface area contributed by atoms with Gasteiger partial charge in [-0.15, -0.1) is 0 Å². The highest BCUT2D eigenvalue weighted by molar-refractivity contribution is 7.85. The van der Waals surface area contributed by atoms with Crippen molar-refractivity contribution < 1.29 is 8.95 Å². The summed E-state index contributed by atoms with van der Waals surface area (Å²) in [6, 6.07) is 7.70. The Morgan fingerprint density at radius 1 is 1.38 bits per heavy atom. The fraction of sp³-hybridized carbons (Fsp3) is 0.632. The van der Waals surface area contributed by atoms with Gasteiger partial charge in [-0.2, -0.15) is 0 Å². The van der Waals surface area contributed by atoms with Crippen molar-refractivity contribution >= 4 is 28.4 Å². The molecule has 1 aliphatic rings. The van der Waals surface area contributed by atoms with E-state index in [1.807, 2.05) is 25.1 Å². The van der Waals surface area contributed by atoms with Crippen LogP contribution in [0, 0.1) is 0 Å². The maximum atomic E-state index is 12.1. The Morgan fingerprint density at radius 2 is 2.23 bits per heavy atom. The molecule has 0 bridgehead atoms. The van der Waals surface area contributed by atoms with Crippen molar-refractivity contribution in [3.8, 4) is 5.75 Å². The number of ether oxygens (including phenoxy) is 1. The molecule has 146 valence electrons. The molecule has 5 nitrogen and oxygen atoms in total. The van der Waals surface area contributed by atoms with Crippen molar-refractivity contribution in [2.45, 2.75) is 50.8 Å². The zero-order valence-electron chi connectivity index (χ0n) is 15.7. The van der Waals surface area contributed by atoms with Crippen molar-refractivity contribution in [2.24, 2.45) is 4.99 Å². The van der Waals surface area contributed by atoms with Crippen LogP contribution in [0.1, 0.15) is 39.5 Å². The van der Waals surface area contributed by atoms with E-state index >= 15 is 0 Å². The van der Waals surface area contributed by atoms with Gasteiger partial charge in [0.1, 0.15) is 12.4 Å². The number of aliphatic imine (C=N–C) groups is 1. The van der Waals surface area contributed by atoms with E-state index < -0.39 is 10.8 Å². The third-order valence-electron chi connectivity index (χ3n) is 4.39. The van der Waals surface area contributed by atoms with E-state index in [4.69, 9.17) is 16.3 Å². The number of rotatable bonds is 8. The van der Waals surface area contributed by atoms with Gasteiger partial charge in [-0.25, -0.2) is 4.99 Å². The average Bonchev–Trinajstić information content (AvgIpc) is 2.65. The molecule has 0 heterocycles. The Hall–Kier alpha value is -1.27. The molecule has 2 rings (SSSR count). The molecule has 3 unspecified atom stereocenters. The second-order valence-corrected chi connectivity index (χ2v) is 8.81. The number of halogens is 1. The van der Waals surface area contributed by atoms with Crippen LogP contribution >= 0.6 is 11.6 Å². The smallest absolute Gasteiger partial charge is 0.191 e. The lowest BCUT2D eigenvalue weighted by Gasteiger charge is -2.30. The minimum Gasteiger partial charge on any atom is -0.492 e. The molecule has 2 N–H and O–H groups in total. The number of nitrogens with one attached hydrogen (secondary N) is 2. The van der Waals surface area contributed by atoms with Crippen LogP contribution in [0.3, 0.4) is 0 Å². The van der Waals surface area contributed by atoms with Crippen LogP contribution in [0.25, 0.3) is 0 Å². The molecule has 0 spiro atoms. The van der Waals surface area contributed by atoms with Gasteiger partial charge in [0.2, 0.25) is 0 Å². The largest absolute Gasteiger partial charge is 0.492 e. The summed E-state index contributed by atoms with van der Waals surface area (Å²) in [7, 11) is -0.714. The molecule has 1 aromatic carbocycles. The van der Waals surface area contributed by atoms with E-state index in [1.54, 1.807) is 6.07 Å². The summed E-state index contributed by atoms with van der Waals surface area (Å²) in [4.78, 5) is 4.60. The lowest BCUT2D eigenvalue weighted by molar-refractivity contribution is 0.328. The molecule has 1 saturated carbocycles. The predicted octanol–water partition coefficient (Wildman–Crippen LogP) is 3.35. The van der Waals surface area contributed by atoms with E-state index in [0.29, 0.717) is 29.5 Å². The molecular formula is C19H30ClN3O2S. The van der Waals surface area contributed by atoms with Crippen molar-refractivity contribution in [1.82, 2.24) is 10.6 Å². The van der Waals surface area contributed by atoms with Gasteiger partial charge in [-0.05, 0) is 44.4 Å². The first kappa shape index (κ1) is 21.0. The third-order valence-corrected chi connectivity index (χ3v) is 6.37. The Balaban J connectivity index is 1.82. The number of guanidine groups is 1. The van der Waals surface area contributed by atoms with Gasteiger partial charge in [0.25, 0.3) is 0 Å². The Kier molecular flexibility index (Phi) is 9.26. The molecule has 0 saturated heterocycles. The van der Waals surface area contributed by atoms with Crippen LogP contribution in [0.2, 0.25) is 5.02 Å². The van der Waals surface area contributed by atoms with Gasteiger partial charge in [0, 0.05) is 39.4 Å². The van der Waals surface area contributed by atoms with Gasteiger partial charge >= 0.3 is 0 Å². The molecule has 26 heavy (non-hydrogen) atoms. The molecule has 0 amide bonds. The zero-order valence-corrected chi connectivity index (χ0v) is 17.2. The lowest BCUT2D eigenvalue weighted by Crippen LogP contribution is -2.46. The Bertz CT molecular complexity index is 612.